The van der Waals surface area contributed by atoms with E-state index in [2.05, 4.69) is 16.3 Å². The molecule has 0 spiro atoms. The number of nitrogens with zero attached hydrogens (tertiary/aromatic N) is 2. The second kappa shape index (κ2) is 7.69. The van der Waals surface area contributed by atoms with E-state index < -0.39 is 0 Å². The molecule has 3 nitrogen and oxygen atoms in total. The van der Waals surface area contributed by atoms with Gasteiger partial charge in [-0.05, 0) is 49.5 Å². The first-order valence-corrected chi connectivity index (χ1v) is 7.22. The SMILES string of the molecule is CN(C)[C@H](CNCc1cccc(C#N)c1)c1cccc(F)c1. The molecule has 22 heavy (non-hydrogen) atoms. The fourth-order valence-electron chi connectivity index (χ4n) is 2.42. The van der Waals surface area contributed by atoms with Crippen molar-refractivity contribution in [2.24, 2.45) is 0 Å². The summed E-state index contributed by atoms with van der Waals surface area (Å²) in [6, 6.07) is 16.5. The van der Waals surface area contributed by atoms with Gasteiger partial charge in [-0.3, -0.25) is 0 Å². The Bertz CT molecular complexity index is 661. The van der Waals surface area contributed by atoms with E-state index in [0.717, 1.165) is 11.1 Å². The highest BCUT2D eigenvalue weighted by atomic mass is 19.1. The normalized spacial score (nSPS) is 12.1. The van der Waals surface area contributed by atoms with Crippen LogP contribution in [0.1, 0.15) is 22.7 Å². The smallest absolute Gasteiger partial charge is 0.123 e. The molecule has 2 rings (SSSR count). The largest absolute Gasteiger partial charge is 0.311 e. The summed E-state index contributed by atoms with van der Waals surface area (Å²) in [6.45, 7) is 1.38. The Morgan fingerprint density at radius 3 is 2.64 bits per heavy atom. The minimum Gasteiger partial charge on any atom is -0.311 e. The summed E-state index contributed by atoms with van der Waals surface area (Å²) >= 11 is 0. The molecule has 1 N–H and O–H groups in total. The second-order valence-electron chi connectivity index (χ2n) is 5.48. The molecule has 0 aliphatic rings. The molecule has 2 aromatic rings. The van der Waals surface area contributed by atoms with E-state index in [9.17, 15) is 4.39 Å². The maximum absolute atomic E-state index is 13.4. The molecule has 0 aliphatic heterocycles. The van der Waals surface area contributed by atoms with Crippen molar-refractivity contribution in [3.63, 3.8) is 0 Å². The number of likely N-dealkylation sites (N-methyl/N-ethyl adjacent to an activating group) is 1. The minimum absolute atomic E-state index is 0.0925. The molecule has 114 valence electrons. The number of hydrogen-bond donors (Lipinski definition) is 1. The van der Waals surface area contributed by atoms with Crippen molar-refractivity contribution in [3.8, 4) is 6.07 Å². The number of rotatable bonds is 6. The molecule has 0 unspecified atom stereocenters. The van der Waals surface area contributed by atoms with Gasteiger partial charge in [0.2, 0.25) is 0 Å². The number of halogens is 1. The lowest BCUT2D eigenvalue weighted by molar-refractivity contribution is 0.287. The summed E-state index contributed by atoms with van der Waals surface area (Å²) in [5.41, 5.74) is 2.67. The number of hydrogen-bond acceptors (Lipinski definition) is 3. The number of benzene rings is 2. The zero-order valence-electron chi connectivity index (χ0n) is 12.9. The van der Waals surface area contributed by atoms with Crippen LogP contribution in [0.2, 0.25) is 0 Å². The number of nitrogens with one attached hydrogen (secondary N) is 1. The van der Waals surface area contributed by atoms with Gasteiger partial charge in [0.1, 0.15) is 5.82 Å². The Balaban J connectivity index is 1.99. The minimum atomic E-state index is -0.217. The molecule has 0 bridgehead atoms. The molecular weight excluding hydrogens is 277 g/mol. The first-order valence-electron chi connectivity index (χ1n) is 7.22. The third-order valence-electron chi connectivity index (χ3n) is 3.58. The highest BCUT2D eigenvalue weighted by molar-refractivity contribution is 5.32. The van der Waals surface area contributed by atoms with Crippen LogP contribution in [0.4, 0.5) is 4.39 Å². The van der Waals surface area contributed by atoms with Crippen LogP contribution in [-0.2, 0) is 6.54 Å². The second-order valence-corrected chi connectivity index (χ2v) is 5.48. The average Bonchev–Trinajstić information content (AvgIpc) is 2.51. The van der Waals surface area contributed by atoms with Crippen molar-refractivity contribution in [3.05, 3.63) is 71.0 Å². The molecule has 4 heteroatoms. The third kappa shape index (κ3) is 4.39. The fraction of sp³-hybridized carbons (Fsp3) is 0.278. The Kier molecular flexibility index (Phi) is 5.65. The lowest BCUT2D eigenvalue weighted by Gasteiger charge is -2.25. The molecule has 0 amide bonds. The van der Waals surface area contributed by atoms with Gasteiger partial charge in [0.05, 0.1) is 11.6 Å². The quantitative estimate of drug-likeness (QED) is 0.890. The standard InChI is InChI=1S/C18H20FN3/c1-22(2)18(16-7-4-8-17(19)10-16)13-21-12-15-6-3-5-14(9-15)11-20/h3-10,18,21H,12-13H2,1-2H3/t18-/m1/s1. The van der Waals surface area contributed by atoms with Crippen LogP contribution in [-0.4, -0.2) is 25.5 Å². The van der Waals surface area contributed by atoms with Gasteiger partial charge in [-0.1, -0.05) is 24.3 Å². The maximum Gasteiger partial charge on any atom is 0.123 e. The Hall–Kier alpha value is -2.22. The molecule has 2 aromatic carbocycles. The van der Waals surface area contributed by atoms with Gasteiger partial charge >= 0.3 is 0 Å². The lowest BCUT2D eigenvalue weighted by Crippen LogP contribution is -2.30. The van der Waals surface area contributed by atoms with E-state index in [1.54, 1.807) is 18.2 Å². The zero-order chi connectivity index (χ0) is 15.9. The fourth-order valence-corrected chi connectivity index (χ4v) is 2.42. The van der Waals surface area contributed by atoms with Crippen molar-refractivity contribution in [2.45, 2.75) is 12.6 Å². The van der Waals surface area contributed by atoms with Crippen LogP contribution in [0.15, 0.2) is 48.5 Å². The lowest BCUT2D eigenvalue weighted by atomic mass is 10.1. The summed E-state index contributed by atoms with van der Waals surface area (Å²) < 4.78 is 13.4. The first-order chi connectivity index (χ1) is 10.6. The van der Waals surface area contributed by atoms with E-state index in [4.69, 9.17) is 5.26 Å². The van der Waals surface area contributed by atoms with E-state index in [0.29, 0.717) is 18.7 Å². The predicted molar refractivity (Wildman–Crippen MR) is 85.7 cm³/mol. The first kappa shape index (κ1) is 16.2. The highest BCUT2D eigenvalue weighted by Crippen LogP contribution is 2.18. The van der Waals surface area contributed by atoms with Gasteiger partial charge in [0, 0.05) is 19.1 Å². The van der Waals surface area contributed by atoms with E-state index in [1.807, 2.05) is 38.4 Å². The molecular formula is C18H20FN3. The van der Waals surface area contributed by atoms with Crippen molar-refractivity contribution in [1.29, 1.82) is 5.26 Å². The van der Waals surface area contributed by atoms with Crippen LogP contribution < -0.4 is 5.32 Å². The summed E-state index contributed by atoms with van der Waals surface area (Å²) in [5.74, 6) is -0.217. The molecule has 0 aromatic heterocycles. The van der Waals surface area contributed by atoms with Gasteiger partial charge in [0.15, 0.2) is 0 Å². The van der Waals surface area contributed by atoms with E-state index in [-0.39, 0.29) is 11.9 Å². The summed E-state index contributed by atoms with van der Waals surface area (Å²) in [4.78, 5) is 2.06. The molecule has 0 heterocycles. The Morgan fingerprint density at radius 1 is 1.18 bits per heavy atom. The van der Waals surface area contributed by atoms with Gasteiger partial charge < -0.3 is 10.2 Å². The van der Waals surface area contributed by atoms with E-state index in [1.165, 1.54) is 6.07 Å². The van der Waals surface area contributed by atoms with Crippen molar-refractivity contribution in [1.82, 2.24) is 10.2 Å². The third-order valence-corrected chi connectivity index (χ3v) is 3.58. The molecule has 0 saturated heterocycles. The molecule has 0 fully saturated rings. The zero-order valence-corrected chi connectivity index (χ0v) is 12.9. The van der Waals surface area contributed by atoms with Crippen LogP contribution in [0.3, 0.4) is 0 Å². The van der Waals surface area contributed by atoms with Gasteiger partial charge in [-0.15, -0.1) is 0 Å². The van der Waals surface area contributed by atoms with Crippen LogP contribution >= 0.6 is 0 Å². The number of nitriles is 1. The average molecular weight is 297 g/mol. The van der Waals surface area contributed by atoms with E-state index >= 15 is 0 Å². The van der Waals surface area contributed by atoms with Crippen LogP contribution in [0, 0.1) is 17.1 Å². The van der Waals surface area contributed by atoms with Crippen molar-refractivity contribution >= 4 is 0 Å². The molecule has 0 saturated carbocycles. The summed E-state index contributed by atoms with van der Waals surface area (Å²) in [7, 11) is 3.96. The monoisotopic (exact) mass is 297 g/mol. The Morgan fingerprint density at radius 2 is 1.95 bits per heavy atom. The van der Waals surface area contributed by atoms with Crippen LogP contribution in [0.25, 0.3) is 0 Å². The molecule has 0 aliphatic carbocycles. The van der Waals surface area contributed by atoms with Gasteiger partial charge in [-0.25, -0.2) is 4.39 Å². The molecule has 0 radical (unpaired) electrons. The topological polar surface area (TPSA) is 39.1 Å². The van der Waals surface area contributed by atoms with Crippen LogP contribution in [0.5, 0.6) is 0 Å². The Labute approximate surface area is 131 Å². The van der Waals surface area contributed by atoms with Crippen molar-refractivity contribution < 1.29 is 4.39 Å². The van der Waals surface area contributed by atoms with Crippen molar-refractivity contribution in [2.75, 3.05) is 20.6 Å². The summed E-state index contributed by atoms with van der Waals surface area (Å²) in [5, 5.41) is 12.3. The predicted octanol–water partition coefficient (Wildman–Crippen LogP) is 3.09. The maximum atomic E-state index is 13.4. The summed E-state index contributed by atoms with van der Waals surface area (Å²) in [6.07, 6.45) is 0. The van der Waals surface area contributed by atoms with Gasteiger partial charge in [0.25, 0.3) is 0 Å². The van der Waals surface area contributed by atoms with Gasteiger partial charge in [-0.2, -0.15) is 5.26 Å². The highest BCUT2D eigenvalue weighted by Gasteiger charge is 2.14. The molecule has 1 atom stereocenters.